The lowest BCUT2D eigenvalue weighted by Crippen LogP contribution is -2.58. The van der Waals surface area contributed by atoms with Gasteiger partial charge in [-0.3, -0.25) is 0 Å². The highest BCUT2D eigenvalue weighted by molar-refractivity contribution is 5.89. The standard InChI is InChI=1S/C25H30F3N3O2/c26-19-3-1-17(2-4-19)15-18-9-12-31(13-10-18)16-23-24(22(28)11-14-33-23)30-25(32)29-21-7-5-20(27)6-8-21/h1-8,18,22-24H,9-16H2,(H2,29,30,32)/t22-,23+,24+/m0/s1. The summed E-state index contributed by atoms with van der Waals surface area (Å²) in [5, 5.41) is 5.33. The van der Waals surface area contributed by atoms with Crippen LogP contribution in [0.25, 0.3) is 0 Å². The average molecular weight is 462 g/mol. The van der Waals surface area contributed by atoms with Crippen molar-refractivity contribution in [1.82, 2.24) is 10.2 Å². The molecule has 3 atom stereocenters. The Morgan fingerprint density at radius 3 is 2.27 bits per heavy atom. The van der Waals surface area contributed by atoms with Crippen molar-refractivity contribution in [3.8, 4) is 0 Å². The van der Waals surface area contributed by atoms with Crippen molar-refractivity contribution in [3.63, 3.8) is 0 Å². The third kappa shape index (κ3) is 6.71. The van der Waals surface area contributed by atoms with Crippen molar-refractivity contribution in [1.29, 1.82) is 0 Å². The van der Waals surface area contributed by atoms with Crippen LogP contribution in [0.4, 0.5) is 23.7 Å². The van der Waals surface area contributed by atoms with E-state index in [1.807, 2.05) is 12.1 Å². The summed E-state index contributed by atoms with van der Waals surface area (Å²) in [7, 11) is 0. The van der Waals surface area contributed by atoms with Gasteiger partial charge in [0.05, 0.1) is 12.1 Å². The molecule has 33 heavy (non-hydrogen) atoms. The smallest absolute Gasteiger partial charge is 0.319 e. The molecule has 0 bridgehead atoms. The Labute approximate surface area is 192 Å². The number of ether oxygens (including phenoxy) is 1. The summed E-state index contributed by atoms with van der Waals surface area (Å²) in [5.74, 6) is -0.0861. The summed E-state index contributed by atoms with van der Waals surface area (Å²) in [6.07, 6.45) is 1.53. The molecule has 5 nitrogen and oxygen atoms in total. The molecule has 0 radical (unpaired) electrons. The highest BCUT2D eigenvalue weighted by Crippen LogP contribution is 2.25. The molecular weight excluding hydrogens is 431 g/mol. The van der Waals surface area contributed by atoms with Gasteiger partial charge in [0.2, 0.25) is 0 Å². The number of carbonyl (C=O) groups is 1. The fourth-order valence-corrected chi connectivity index (χ4v) is 4.63. The van der Waals surface area contributed by atoms with Crippen molar-refractivity contribution in [3.05, 3.63) is 65.7 Å². The molecule has 2 fully saturated rings. The van der Waals surface area contributed by atoms with E-state index >= 15 is 0 Å². The summed E-state index contributed by atoms with van der Waals surface area (Å²) in [5.41, 5.74) is 1.57. The van der Waals surface area contributed by atoms with Crippen LogP contribution in [-0.4, -0.2) is 55.5 Å². The second-order valence-corrected chi connectivity index (χ2v) is 8.92. The van der Waals surface area contributed by atoms with Crippen molar-refractivity contribution < 1.29 is 22.7 Å². The Morgan fingerprint density at radius 1 is 0.970 bits per heavy atom. The molecule has 2 heterocycles. The molecule has 2 N–H and O–H groups in total. The Morgan fingerprint density at radius 2 is 1.61 bits per heavy atom. The molecule has 2 aromatic carbocycles. The van der Waals surface area contributed by atoms with Crippen LogP contribution in [0.15, 0.2) is 48.5 Å². The Hall–Kier alpha value is -2.58. The van der Waals surface area contributed by atoms with Crippen molar-refractivity contribution in [2.24, 2.45) is 5.92 Å². The number of rotatable bonds is 6. The fourth-order valence-electron chi connectivity index (χ4n) is 4.63. The second kappa shape index (κ2) is 11.0. The molecule has 0 aliphatic carbocycles. The van der Waals surface area contributed by atoms with Crippen molar-refractivity contribution in [2.45, 2.75) is 44.0 Å². The van der Waals surface area contributed by atoms with Gasteiger partial charge in [-0.1, -0.05) is 12.1 Å². The number of urea groups is 1. The first-order valence-corrected chi connectivity index (χ1v) is 11.5. The first kappa shape index (κ1) is 23.6. The van der Waals surface area contributed by atoms with Crippen LogP contribution in [0.2, 0.25) is 0 Å². The van der Waals surface area contributed by atoms with Gasteiger partial charge >= 0.3 is 6.03 Å². The largest absolute Gasteiger partial charge is 0.375 e. The number of amides is 2. The van der Waals surface area contributed by atoms with Gasteiger partial charge in [-0.15, -0.1) is 0 Å². The Bertz CT molecular complexity index is 902. The number of nitrogens with one attached hydrogen (secondary N) is 2. The highest BCUT2D eigenvalue weighted by atomic mass is 19.1. The third-order valence-electron chi connectivity index (χ3n) is 6.50. The first-order valence-electron chi connectivity index (χ1n) is 11.5. The van der Waals surface area contributed by atoms with Crippen LogP contribution in [0.5, 0.6) is 0 Å². The molecule has 2 aliphatic heterocycles. The van der Waals surface area contributed by atoms with E-state index in [2.05, 4.69) is 15.5 Å². The van der Waals surface area contributed by atoms with E-state index in [0.29, 0.717) is 24.8 Å². The maximum atomic E-state index is 14.7. The SMILES string of the molecule is O=C(Nc1ccc(F)cc1)N[C@@H]1[C@@H](F)CCO[C@@H]1CN1CCC(Cc2ccc(F)cc2)CC1. The van der Waals surface area contributed by atoms with Gasteiger partial charge in [0.25, 0.3) is 0 Å². The molecule has 0 unspecified atom stereocenters. The number of hydrogen-bond acceptors (Lipinski definition) is 3. The van der Waals surface area contributed by atoms with Crippen LogP contribution >= 0.6 is 0 Å². The van der Waals surface area contributed by atoms with E-state index in [-0.39, 0.29) is 12.2 Å². The van der Waals surface area contributed by atoms with Crippen LogP contribution in [0.3, 0.4) is 0 Å². The number of nitrogens with zero attached hydrogens (tertiary/aromatic N) is 1. The van der Waals surface area contributed by atoms with E-state index in [1.54, 1.807) is 0 Å². The number of alkyl halides is 1. The highest BCUT2D eigenvalue weighted by Gasteiger charge is 2.37. The fraction of sp³-hybridized carbons (Fsp3) is 0.480. The molecule has 2 amide bonds. The molecule has 2 saturated heterocycles. The summed E-state index contributed by atoms with van der Waals surface area (Å²) >= 11 is 0. The average Bonchev–Trinajstić information content (AvgIpc) is 2.80. The van der Waals surface area contributed by atoms with E-state index < -0.39 is 30.2 Å². The number of anilines is 1. The van der Waals surface area contributed by atoms with Gasteiger partial charge in [0.15, 0.2) is 0 Å². The monoisotopic (exact) mass is 461 g/mol. The van der Waals surface area contributed by atoms with Gasteiger partial charge < -0.3 is 20.3 Å². The number of halogens is 3. The molecule has 0 saturated carbocycles. The lowest BCUT2D eigenvalue weighted by Gasteiger charge is -2.39. The minimum Gasteiger partial charge on any atom is -0.375 e. The third-order valence-corrected chi connectivity index (χ3v) is 6.50. The molecular formula is C25H30F3N3O2. The van der Waals surface area contributed by atoms with Crippen LogP contribution in [0, 0.1) is 17.6 Å². The predicted molar refractivity (Wildman–Crippen MR) is 121 cm³/mol. The Balaban J connectivity index is 1.27. The normalized spacial score (nSPS) is 24.4. The molecule has 178 valence electrons. The van der Waals surface area contributed by atoms with E-state index in [4.69, 9.17) is 4.74 Å². The number of benzene rings is 2. The van der Waals surface area contributed by atoms with E-state index in [0.717, 1.165) is 37.9 Å². The summed E-state index contributed by atoms with van der Waals surface area (Å²) in [4.78, 5) is 14.7. The zero-order chi connectivity index (χ0) is 23.2. The quantitative estimate of drug-likeness (QED) is 0.664. The maximum absolute atomic E-state index is 14.7. The first-order chi connectivity index (χ1) is 16.0. The van der Waals surface area contributed by atoms with Gasteiger partial charge in [-0.2, -0.15) is 0 Å². The van der Waals surface area contributed by atoms with Gasteiger partial charge in [-0.25, -0.2) is 18.0 Å². The van der Waals surface area contributed by atoms with Gasteiger partial charge in [0.1, 0.15) is 17.8 Å². The number of carbonyl (C=O) groups excluding carboxylic acids is 1. The zero-order valence-corrected chi connectivity index (χ0v) is 18.5. The topological polar surface area (TPSA) is 53.6 Å². The molecule has 0 aromatic heterocycles. The van der Waals surface area contributed by atoms with E-state index in [9.17, 15) is 18.0 Å². The minimum absolute atomic E-state index is 0.221. The van der Waals surface area contributed by atoms with Crippen LogP contribution in [-0.2, 0) is 11.2 Å². The molecule has 2 aromatic rings. The molecule has 2 aliphatic rings. The zero-order valence-electron chi connectivity index (χ0n) is 18.5. The van der Waals surface area contributed by atoms with Crippen molar-refractivity contribution in [2.75, 3.05) is 31.6 Å². The second-order valence-electron chi connectivity index (χ2n) is 8.92. The maximum Gasteiger partial charge on any atom is 0.319 e. The van der Waals surface area contributed by atoms with Crippen molar-refractivity contribution >= 4 is 11.7 Å². The van der Waals surface area contributed by atoms with Crippen LogP contribution < -0.4 is 10.6 Å². The molecule has 8 heteroatoms. The lowest BCUT2D eigenvalue weighted by atomic mass is 9.89. The van der Waals surface area contributed by atoms with Gasteiger partial charge in [-0.05, 0) is 80.2 Å². The van der Waals surface area contributed by atoms with E-state index in [1.165, 1.54) is 36.4 Å². The predicted octanol–water partition coefficient (Wildman–Crippen LogP) is 4.54. The molecule has 4 rings (SSSR count). The summed E-state index contributed by atoms with van der Waals surface area (Å²) in [6.45, 7) is 2.62. The van der Waals surface area contributed by atoms with Crippen LogP contribution in [0.1, 0.15) is 24.8 Å². The number of likely N-dealkylation sites (tertiary alicyclic amines) is 1. The summed E-state index contributed by atoms with van der Waals surface area (Å²) in [6, 6.07) is 10.8. The summed E-state index contributed by atoms with van der Waals surface area (Å²) < 4.78 is 46.7. The van der Waals surface area contributed by atoms with Gasteiger partial charge in [0, 0.05) is 25.3 Å². The molecule has 0 spiro atoms. The minimum atomic E-state index is -1.20. The lowest BCUT2D eigenvalue weighted by molar-refractivity contribution is -0.0590. The Kier molecular flexibility index (Phi) is 7.88. The number of hydrogen-bond donors (Lipinski definition) is 2. The number of piperidine rings is 1.